The van der Waals surface area contributed by atoms with Crippen molar-refractivity contribution in [2.45, 2.75) is 43.5 Å². The third-order valence-corrected chi connectivity index (χ3v) is 5.44. The summed E-state index contributed by atoms with van der Waals surface area (Å²) < 4.78 is 0.771. The van der Waals surface area contributed by atoms with Gasteiger partial charge in [-0.15, -0.1) is 0 Å². The number of hydrogen-bond donors (Lipinski definition) is 2. The number of halogens is 1. The lowest BCUT2D eigenvalue weighted by Gasteiger charge is -2.28. The molecular weight excluding hydrogens is 310 g/mol. The van der Waals surface area contributed by atoms with Gasteiger partial charge in [0, 0.05) is 23.4 Å². The minimum Gasteiger partial charge on any atom is -0.506 e. The Balaban J connectivity index is 1.83. The number of nitrogens with one attached hydrogen (secondary N) is 1. The first kappa shape index (κ1) is 14.2. The third kappa shape index (κ3) is 3.65. The van der Waals surface area contributed by atoms with Gasteiger partial charge in [-0.2, -0.15) is 11.8 Å². The van der Waals surface area contributed by atoms with Crippen LogP contribution in [0.2, 0.25) is 0 Å². The van der Waals surface area contributed by atoms with Gasteiger partial charge in [0.2, 0.25) is 0 Å². The molecule has 0 spiro atoms. The summed E-state index contributed by atoms with van der Waals surface area (Å²) in [5.74, 6) is 0.364. The predicted octanol–water partition coefficient (Wildman–Crippen LogP) is 3.92. The molecule has 0 aliphatic heterocycles. The highest BCUT2D eigenvalue weighted by molar-refractivity contribution is 9.10. The van der Waals surface area contributed by atoms with E-state index in [9.17, 15) is 5.11 Å². The zero-order valence-electron chi connectivity index (χ0n) is 10.7. The number of aromatic hydroxyl groups is 1. The summed E-state index contributed by atoms with van der Waals surface area (Å²) in [5.41, 5.74) is 0.969. The monoisotopic (exact) mass is 329 g/mol. The van der Waals surface area contributed by atoms with E-state index >= 15 is 0 Å². The minimum absolute atomic E-state index is 0.364. The van der Waals surface area contributed by atoms with E-state index in [-0.39, 0.29) is 0 Å². The van der Waals surface area contributed by atoms with Gasteiger partial charge in [0.05, 0.1) is 4.47 Å². The highest BCUT2D eigenvalue weighted by Gasteiger charge is 2.20. The zero-order chi connectivity index (χ0) is 13.0. The lowest BCUT2D eigenvalue weighted by Crippen LogP contribution is -2.33. The molecule has 2 rings (SSSR count). The van der Waals surface area contributed by atoms with Crippen LogP contribution < -0.4 is 5.32 Å². The Bertz CT molecular complexity index is 391. The van der Waals surface area contributed by atoms with Gasteiger partial charge in [-0.3, -0.25) is 0 Å². The summed E-state index contributed by atoms with van der Waals surface area (Å²) in [6.45, 7) is 0.750. The standard InChI is InChI=1S/C14H20BrNOS/c1-18-12-7-5-11(6-8-12)16-9-10-3-2-4-13(15)14(10)17/h2-4,11-12,16-17H,5-9H2,1H3. The average Bonchev–Trinajstić information content (AvgIpc) is 2.41. The second-order valence-corrected chi connectivity index (χ2v) is 6.83. The molecule has 100 valence electrons. The lowest BCUT2D eigenvalue weighted by molar-refractivity contribution is 0.374. The Morgan fingerprint density at radius 2 is 2.06 bits per heavy atom. The molecule has 1 aliphatic carbocycles. The Hall–Kier alpha value is -0.190. The van der Waals surface area contributed by atoms with Gasteiger partial charge in [0.15, 0.2) is 0 Å². The first-order chi connectivity index (χ1) is 8.70. The molecule has 1 aliphatic rings. The Morgan fingerprint density at radius 1 is 1.33 bits per heavy atom. The summed E-state index contributed by atoms with van der Waals surface area (Å²) >= 11 is 5.34. The molecule has 0 bridgehead atoms. The Morgan fingerprint density at radius 3 is 2.72 bits per heavy atom. The van der Waals surface area contributed by atoms with Gasteiger partial charge in [-0.25, -0.2) is 0 Å². The van der Waals surface area contributed by atoms with E-state index in [0.29, 0.717) is 11.8 Å². The SMILES string of the molecule is CSC1CCC(NCc2cccc(Br)c2O)CC1. The zero-order valence-corrected chi connectivity index (χ0v) is 13.1. The van der Waals surface area contributed by atoms with Crippen LogP contribution in [0, 0.1) is 0 Å². The molecule has 2 N–H and O–H groups in total. The molecule has 1 fully saturated rings. The molecular formula is C14H20BrNOS. The van der Waals surface area contributed by atoms with Crippen LogP contribution in [0.25, 0.3) is 0 Å². The molecule has 0 amide bonds. The number of para-hydroxylation sites is 1. The fraction of sp³-hybridized carbons (Fsp3) is 0.571. The minimum atomic E-state index is 0.364. The van der Waals surface area contributed by atoms with Gasteiger partial charge in [0.25, 0.3) is 0 Å². The molecule has 0 aromatic heterocycles. The number of phenolic OH excluding ortho intramolecular Hbond substituents is 1. The molecule has 1 saturated carbocycles. The molecule has 1 aromatic carbocycles. The van der Waals surface area contributed by atoms with Crippen LogP contribution in [0.15, 0.2) is 22.7 Å². The van der Waals surface area contributed by atoms with E-state index in [0.717, 1.165) is 21.8 Å². The van der Waals surface area contributed by atoms with Gasteiger partial charge in [-0.05, 0) is 53.9 Å². The molecule has 2 nitrogen and oxygen atoms in total. The van der Waals surface area contributed by atoms with Crippen molar-refractivity contribution in [3.8, 4) is 5.75 Å². The van der Waals surface area contributed by atoms with Crippen molar-refractivity contribution in [1.29, 1.82) is 0 Å². The van der Waals surface area contributed by atoms with E-state index in [2.05, 4.69) is 27.5 Å². The Labute approximate surface area is 122 Å². The van der Waals surface area contributed by atoms with Crippen LogP contribution in [0.3, 0.4) is 0 Å². The first-order valence-electron chi connectivity index (χ1n) is 6.43. The van der Waals surface area contributed by atoms with Crippen molar-refractivity contribution >= 4 is 27.7 Å². The smallest absolute Gasteiger partial charge is 0.134 e. The van der Waals surface area contributed by atoms with Crippen LogP contribution in [-0.2, 0) is 6.54 Å². The van der Waals surface area contributed by atoms with Crippen LogP contribution >= 0.6 is 27.7 Å². The van der Waals surface area contributed by atoms with E-state index in [4.69, 9.17) is 0 Å². The van der Waals surface area contributed by atoms with Gasteiger partial charge < -0.3 is 10.4 Å². The fourth-order valence-corrected chi connectivity index (χ4v) is 3.61. The van der Waals surface area contributed by atoms with E-state index < -0.39 is 0 Å². The van der Waals surface area contributed by atoms with E-state index in [1.54, 1.807) is 0 Å². The highest BCUT2D eigenvalue weighted by atomic mass is 79.9. The summed E-state index contributed by atoms with van der Waals surface area (Å²) in [6.07, 6.45) is 7.32. The molecule has 1 aromatic rings. The van der Waals surface area contributed by atoms with E-state index in [1.165, 1.54) is 25.7 Å². The van der Waals surface area contributed by atoms with Gasteiger partial charge >= 0.3 is 0 Å². The molecule has 0 radical (unpaired) electrons. The van der Waals surface area contributed by atoms with Crippen LogP contribution in [0.4, 0.5) is 0 Å². The molecule has 0 atom stereocenters. The molecule has 18 heavy (non-hydrogen) atoms. The van der Waals surface area contributed by atoms with Gasteiger partial charge in [-0.1, -0.05) is 12.1 Å². The predicted molar refractivity (Wildman–Crippen MR) is 82.2 cm³/mol. The number of rotatable bonds is 4. The number of phenols is 1. The maximum atomic E-state index is 9.92. The second-order valence-electron chi connectivity index (χ2n) is 4.84. The summed E-state index contributed by atoms with van der Waals surface area (Å²) in [6, 6.07) is 6.40. The fourth-order valence-electron chi connectivity index (χ4n) is 2.46. The van der Waals surface area contributed by atoms with Gasteiger partial charge in [0.1, 0.15) is 5.75 Å². The largest absolute Gasteiger partial charge is 0.506 e. The van der Waals surface area contributed by atoms with Crippen LogP contribution in [0.1, 0.15) is 31.2 Å². The Kier molecular flexibility index (Phi) is 5.39. The van der Waals surface area contributed by atoms with Crippen molar-refractivity contribution in [1.82, 2.24) is 5.32 Å². The van der Waals surface area contributed by atoms with Crippen molar-refractivity contribution < 1.29 is 5.11 Å². The van der Waals surface area contributed by atoms with Crippen LogP contribution in [0.5, 0.6) is 5.75 Å². The molecule has 0 saturated heterocycles. The first-order valence-corrected chi connectivity index (χ1v) is 8.51. The average molecular weight is 330 g/mol. The van der Waals surface area contributed by atoms with Crippen LogP contribution in [-0.4, -0.2) is 22.7 Å². The lowest BCUT2D eigenvalue weighted by atomic mass is 9.95. The highest BCUT2D eigenvalue weighted by Crippen LogP contribution is 2.29. The summed E-state index contributed by atoms with van der Waals surface area (Å²) in [7, 11) is 0. The maximum absolute atomic E-state index is 9.92. The third-order valence-electron chi connectivity index (χ3n) is 3.66. The van der Waals surface area contributed by atoms with Crippen molar-refractivity contribution in [2.75, 3.05) is 6.26 Å². The second kappa shape index (κ2) is 6.83. The molecule has 0 heterocycles. The van der Waals surface area contributed by atoms with E-state index in [1.807, 2.05) is 30.0 Å². The molecule has 0 unspecified atom stereocenters. The van der Waals surface area contributed by atoms with Crippen molar-refractivity contribution in [3.05, 3.63) is 28.2 Å². The number of thioether (sulfide) groups is 1. The number of hydrogen-bond acceptors (Lipinski definition) is 3. The number of benzene rings is 1. The van der Waals surface area contributed by atoms with Crippen molar-refractivity contribution in [3.63, 3.8) is 0 Å². The summed E-state index contributed by atoms with van der Waals surface area (Å²) in [4.78, 5) is 0. The van der Waals surface area contributed by atoms with Crippen molar-refractivity contribution in [2.24, 2.45) is 0 Å². The normalized spacial score (nSPS) is 24.1. The topological polar surface area (TPSA) is 32.3 Å². The quantitative estimate of drug-likeness (QED) is 0.878. The summed E-state index contributed by atoms with van der Waals surface area (Å²) in [5, 5.41) is 14.3. The maximum Gasteiger partial charge on any atom is 0.134 e. The molecule has 4 heteroatoms.